The van der Waals surface area contributed by atoms with E-state index in [-0.39, 0.29) is 15.2 Å². The fraction of sp³-hybridized carbons (Fsp3) is 0.263. The number of hydrogen-bond acceptors (Lipinski definition) is 5. The predicted molar refractivity (Wildman–Crippen MR) is 113 cm³/mol. The van der Waals surface area contributed by atoms with E-state index in [0.717, 1.165) is 15.2 Å². The number of rotatable bonds is 5. The first kappa shape index (κ1) is 21.4. The monoisotopic (exact) mass is 455 g/mol. The van der Waals surface area contributed by atoms with Crippen molar-refractivity contribution in [3.8, 4) is 0 Å². The number of carbonyl (C=O) groups is 1. The molecule has 10 heteroatoms. The van der Waals surface area contributed by atoms with Crippen LogP contribution in [0.15, 0.2) is 47.5 Å². The first-order chi connectivity index (χ1) is 13.5. The van der Waals surface area contributed by atoms with Crippen LogP contribution < -0.4 is 4.31 Å². The largest absolute Gasteiger partial charge is 0.459 e. The zero-order valence-corrected chi connectivity index (χ0v) is 18.3. The van der Waals surface area contributed by atoms with Crippen LogP contribution >= 0.6 is 23.2 Å². The van der Waals surface area contributed by atoms with Crippen molar-refractivity contribution < 1.29 is 17.9 Å². The van der Waals surface area contributed by atoms with E-state index in [1.807, 2.05) is 0 Å². The van der Waals surface area contributed by atoms with Gasteiger partial charge in [0.15, 0.2) is 0 Å². The summed E-state index contributed by atoms with van der Waals surface area (Å²) in [5.41, 5.74) is 0.366. The van der Waals surface area contributed by atoms with Crippen molar-refractivity contribution in [3.05, 3.63) is 52.9 Å². The number of H-pyrrole nitrogens is 1. The van der Waals surface area contributed by atoms with E-state index < -0.39 is 28.1 Å². The number of nitrogens with one attached hydrogen (secondary N) is 1. The van der Waals surface area contributed by atoms with Crippen LogP contribution in [0.3, 0.4) is 0 Å². The average molecular weight is 456 g/mol. The van der Waals surface area contributed by atoms with Gasteiger partial charge in [0.25, 0.3) is 10.0 Å². The number of aromatic nitrogens is 2. The third kappa shape index (κ3) is 5.01. The highest BCUT2D eigenvalue weighted by molar-refractivity contribution is 7.92. The van der Waals surface area contributed by atoms with Gasteiger partial charge in [0, 0.05) is 17.1 Å². The lowest BCUT2D eigenvalue weighted by Gasteiger charge is -2.26. The van der Waals surface area contributed by atoms with Crippen LogP contribution in [0.5, 0.6) is 0 Å². The van der Waals surface area contributed by atoms with Crippen LogP contribution in [0, 0.1) is 0 Å². The van der Waals surface area contributed by atoms with Crippen molar-refractivity contribution in [1.82, 2.24) is 9.97 Å². The molecule has 0 unspecified atom stereocenters. The van der Waals surface area contributed by atoms with Crippen molar-refractivity contribution in [1.29, 1.82) is 0 Å². The summed E-state index contributed by atoms with van der Waals surface area (Å²) in [6.45, 7) is 4.60. The molecule has 0 saturated heterocycles. The third-order valence-electron chi connectivity index (χ3n) is 3.84. The molecule has 0 aliphatic heterocycles. The molecule has 2 aromatic heterocycles. The number of sulfonamides is 1. The Morgan fingerprint density at radius 3 is 2.41 bits per heavy atom. The van der Waals surface area contributed by atoms with Gasteiger partial charge in [-0.1, -0.05) is 23.2 Å². The second-order valence-corrected chi connectivity index (χ2v) is 9.93. The van der Waals surface area contributed by atoms with Gasteiger partial charge in [-0.05, 0) is 57.2 Å². The van der Waals surface area contributed by atoms with Gasteiger partial charge >= 0.3 is 5.97 Å². The van der Waals surface area contributed by atoms with E-state index >= 15 is 0 Å². The zero-order valence-electron chi connectivity index (χ0n) is 15.9. The van der Waals surface area contributed by atoms with Crippen LogP contribution in [-0.4, -0.2) is 36.5 Å². The molecule has 0 radical (unpaired) electrons. The number of ether oxygens (including phenoxy) is 1. The molecule has 154 valence electrons. The topological polar surface area (TPSA) is 92.4 Å². The number of pyridine rings is 1. The van der Waals surface area contributed by atoms with Gasteiger partial charge in [-0.2, -0.15) is 0 Å². The van der Waals surface area contributed by atoms with Crippen molar-refractivity contribution >= 4 is 55.8 Å². The fourth-order valence-corrected chi connectivity index (χ4v) is 4.75. The number of carbonyl (C=O) groups excluding carboxylic acids is 1. The van der Waals surface area contributed by atoms with Gasteiger partial charge in [0.2, 0.25) is 0 Å². The molecule has 3 rings (SSSR count). The molecule has 1 N–H and O–H groups in total. The molecule has 29 heavy (non-hydrogen) atoms. The normalized spacial score (nSPS) is 12.2. The second kappa shape index (κ2) is 7.85. The molecular formula is C19H19Cl2N3O4S. The van der Waals surface area contributed by atoms with Crippen LogP contribution in [0.1, 0.15) is 20.8 Å². The quantitative estimate of drug-likeness (QED) is 0.454. The first-order valence-corrected chi connectivity index (χ1v) is 10.8. The number of aromatic amines is 1. The molecule has 0 amide bonds. The highest BCUT2D eigenvalue weighted by atomic mass is 35.5. The Balaban J connectivity index is 2.09. The van der Waals surface area contributed by atoms with E-state index in [1.165, 1.54) is 12.1 Å². The Morgan fingerprint density at radius 2 is 1.79 bits per heavy atom. The summed E-state index contributed by atoms with van der Waals surface area (Å²) < 4.78 is 33.0. The summed E-state index contributed by atoms with van der Waals surface area (Å²) in [5, 5.41) is 0.640. The lowest BCUT2D eigenvalue weighted by molar-refractivity contribution is -0.152. The zero-order chi connectivity index (χ0) is 21.4. The number of esters is 1. The number of fused-ring (bicyclic) bond motifs is 1. The molecule has 0 aliphatic rings. The van der Waals surface area contributed by atoms with E-state index in [2.05, 4.69) is 9.97 Å². The predicted octanol–water partition coefficient (Wildman–Crippen LogP) is 4.41. The second-order valence-electron chi connectivity index (χ2n) is 7.30. The van der Waals surface area contributed by atoms with Crippen molar-refractivity contribution in [3.63, 3.8) is 0 Å². The molecule has 0 bridgehead atoms. The Kier molecular flexibility index (Phi) is 5.80. The van der Waals surface area contributed by atoms with Gasteiger partial charge in [0.05, 0.1) is 10.6 Å². The van der Waals surface area contributed by atoms with Crippen LogP contribution in [0.25, 0.3) is 10.9 Å². The Bertz CT molecular complexity index is 1150. The number of nitrogens with zero attached hydrogens (tertiary/aromatic N) is 2. The third-order valence-corrected chi connectivity index (χ3v) is 5.98. The Hall–Kier alpha value is -2.29. The average Bonchev–Trinajstić information content (AvgIpc) is 3.04. The maximum atomic E-state index is 13.4. The summed E-state index contributed by atoms with van der Waals surface area (Å²) in [7, 11) is -4.19. The summed E-state index contributed by atoms with van der Waals surface area (Å²) in [5.74, 6) is -0.693. The molecule has 7 nitrogen and oxygen atoms in total. The molecule has 0 fully saturated rings. The maximum Gasteiger partial charge on any atom is 0.327 e. The molecule has 3 aromatic rings. The first-order valence-electron chi connectivity index (χ1n) is 8.60. The molecule has 0 atom stereocenters. The summed E-state index contributed by atoms with van der Waals surface area (Å²) in [6.07, 6.45) is 1.74. The van der Waals surface area contributed by atoms with Gasteiger partial charge in [-0.15, -0.1) is 0 Å². The van der Waals surface area contributed by atoms with Gasteiger partial charge in [0.1, 0.15) is 22.5 Å². The standard InChI is InChI=1S/C19H19Cl2N3O4S/c1-19(2,3)28-18(25)11-24(13-4-5-15-12(8-13)6-7-22-15)29(26,27)14-9-16(20)23-17(21)10-14/h4-10,22H,11H2,1-3H3. The van der Waals surface area contributed by atoms with Crippen molar-refractivity contribution in [2.45, 2.75) is 31.3 Å². The Morgan fingerprint density at radius 1 is 1.14 bits per heavy atom. The molecule has 0 spiro atoms. The van der Waals surface area contributed by atoms with Crippen LogP contribution in [0.2, 0.25) is 10.3 Å². The lowest BCUT2D eigenvalue weighted by Crippen LogP contribution is -2.39. The van der Waals surface area contributed by atoms with Crippen molar-refractivity contribution in [2.24, 2.45) is 0 Å². The summed E-state index contributed by atoms with van der Waals surface area (Å²) in [6, 6.07) is 9.16. The fourth-order valence-electron chi connectivity index (χ4n) is 2.72. The van der Waals surface area contributed by atoms with E-state index in [1.54, 1.807) is 51.2 Å². The smallest absolute Gasteiger partial charge is 0.327 e. The minimum absolute atomic E-state index is 0.0746. The highest BCUT2D eigenvalue weighted by Crippen LogP contribution is 2.29. The van der Waals surface area contributed by atoms with Gasteiger partial charge in [-0.3, -0.25) is 9.10 Å². The van der Waals surface area contributed by atoms with Gasteiger partial charge in [-0.25, -0.2) is 13.4 Å². The SMILES string of the molecule is CC(C)(C)OC(=O)CN(c1ccc2[nH]ccc2c1)S(=O)(=O)c1cc(Cl)nc(Cl)c1. The van der Waals surface area contributed by atoms with E-state index in [0.29, 0.717) is 5.69 Å². The molecule has 0 saturated carbocycles. The highest BCUT2D eigenvalue weighted by Gasteiger charge is 2.30. The maximum absolute atomic E-state index is 13.4. The van der Waals surface area contributed by atoms with Crippen molar-refractivity contribution in [2.75, 3.05) is 10.8 Å². The lowest BCUT2D eigenvalue weighted by atomic mass is 10.2. The number of benzene rings is 1. The number of hydrogen-bond donors (Lipinski definition) is 1. The summed E-state index contributed by atoms with van der Waals surface area (Å²) in [4.78, 5) is 19.1. The number of halogens is 2. The van der Waals surface area contributed by atoms with Crippen LogP contribution in [0.4, 0.5) is 5.69 Å². The summed E-state index contributed by atoms with van der Waals surface area (Å²) >= 11 is 11.8. The van der Waals surface area contributed by atoms with Gasteiger partial charge < -0.3 is 9.72 Å². The van der Waals surface area contributed by atoms with E-state index in [9.17, 15) is 13.2 Å². The molecule has 2 heterocycles. The van der Waals surface area contributed by atoms with Crippen LogP contribution in [-0.2, 0) is 19.6 Å². The molecule has 0 aliphatic carbocycles. The Labute approximate surface area is 178 Å². The minimum Gasteiger partial charge on any atom is -0.459 e. The number of anilines is 1. The molecule has 1 aromatic carbocycles. The molecular weight excluding hydrogens is 437 g/mol. The minimum atomic E-state index is -4.19. The van der Waals surface area contributed by atoms with E-state index in [4.69, 9.17) is 27.9 Å².